The molecule has 0 unspecified atom stereocenters. The van der Waals surface area contributed by atoms with Crippen LogP contribution in [0.15, 0.2) is 30.3 Å². The molecule has 0 bridgehead atoms. The molecular weight excluding hydrogens is 550 g/mol. The molecule has 0 aliphatic carbocycles. The van der Waals surface area contributed by atoms with E-state index < -0.39 is 45.0 Å². The van der Waals surface area contributed by atoms with Crippen LogP contribution in [0.5, 0.6) is 0 Å². The van der Waals surface area contributed by atoms with Crippen LogP contribution in [0.1, 0.15) is 58.4 Å². The number of hydrogen-bond acceptors (Lipinski definition) is 7. The Bertz CT molecular complexity index is 1190. The van der Waals surface area contributed by atoms with Gasteiger partial charge in [-0.3, -0.25) is 9.59 Å². The third kappa shape index (κ3) is 9.72. The summed E-state index contributed by atoms with van der Waals surface area (Å²) in [6.07, 6.45) is 1.46. The van der Waals surface area contributed by atoms with Crippen molar-refractivity contribution in [3.8, 4) is 0 Å². The number of amides is 3. The topological polar surface area (TPSA) is 142 Å². The van der Waals surface area contributed by atoms with Crippen LogP contribution in [0.2, 0.25) is 0 Å². The van der Waals surface area contributed by atoms with Crippen molar-refractivity contribution in [2.75, 3.05) is 39.0 Å². The highest BCUT2D eigenvalue weighted by Gasteiger charge is 2.40. The van der Waals surface area contributed by atoms with Crippen LogP contribution in [-0.4, -0.2) is 103 Å². The van der Waals surface area contributed by atoms with Gasteiger partial charge in [-0.05, 0) is 57.9 Å². The van der Waals surface area contributed by atoms with Crippen LogP contribution in [-0.2, 0) is 34.7 Å². The molecule has 1 aromatic carbocycles. The largest absolute Gasteiger partial charge is 0.480 e. The highest BCUT2D eigenvalue weighted by Crippen LogP contribution is 2.25. The van der Waals surface area contributed by atoms with Crippen LogP contribution in [0.25, 0.3) is 0 Å². The minimum absolute atomic E-state index is 0.133. The molecule has 0 aromatic heterocycles. The summed E-state index contributed by atoms with van der Waals surface area (Å²) >= 11 is 0. The predicted molar refractivity (Wildman–Crippen MR) is 153 cm³/mol. The zero-order valence-electron chi connectivity index (χ0n) is 24.5. The Kier molecular flexibility index (Phi) is 10.8. The summed E-state index contributed by atoms with van der Waals surface area (Å²) in [4.78, 5) is 55.3. The average Bonchev–Trinajstić information content (AvgIpc) is 3.38. The van der Waals surface area contributed by atoms with Crippen LogP contribution >= 0.6 is 0 Å². The summed E-state index contributed by atoms with van der Waals surface area (Å²) in [5.74, 6) is -4.00. The van der Waals surface area contributed by atoms with Crippen molar-refractivity contribution in [1.29, 1.82) is 0 Å². The molecule has 2 aliphatic rings. The van der Waals surface area contributed by atoms with Gasteiger partial charge in [0.05, 0.1) is 17.4 Å². The van der Waals surface area contributed by atoms with Crippen molar-refractivity contribution in [3.63, 3.8) is 0 Å². The molecule has 2 saturated heterocycles. The van der Waals surface area contributed by atoms with E-state index in [0.717, 1.165) is 0 Å². The Labute approximate surface area is 242 Å². The first-order chi connectivity index (χ1) is 19.1. The molecular formula is C29H43N3O8S. The van der Waals surface area contributed by atoms with Crippen molar-refractivity contribution in [1.82, 2.24) is 14.7 Å². The molecule has 2 heterocycles. The number of carbonyl (C=O) groups is 4. The zero-order chi connectivity index (χ0) is 30.4. The Morgan fingerprint density at radius 1 is 1.05 bits per heavy atom. The summed E-state index contributed by atoms with van der Waals surface area (Å²) in [7, 11) is -2.16. The molecule has 41 heavy (non-hydrogen) atoms. The van der Waals surface area contributed by atoms with Gasteiger partial charge in [0.2, 0.25) is 11.8 Å². The van der Waals surface area contributed by atoms with Crippen molar-refractivity contribution in [3.05, 3.63) is 35.9 Å². The molecule has 2 aliphatic heterocycles. The third-order valence-corrected chi connectivity index (χ3v) is 9.18. The van der Waals surface area contributed by atoms with Gasteiger partial charge in [-0.15, -0.1) is 0 Å². The number of carboxylic acids is 1. The molecule has 12 heteroatoms. The lowest BCUT2D eigenvalue weighted by molar-refractivity contribution is -0.150. The number of aliphatic carboxylic acids is 1. The first kappa shape index (κ1) is 32.4. The van der Waals surface area contributed by atoms with E-state index in [1.54, 1.807) is 42.3 Å². The number of carbonyl (C=O) groups excluding carboxylic acids is 3. The van der Waals surface area contributed by atoms with E-state index in [1.807, 2.05) is 20.8 Å². The smallest absolute Gasteiger partial charge is 0.410 e. The second-order valence-corrected chi connectivity index (χ2v) is 14.3. The molecule has 1 N–H and O–H groups in total. The van der Waals surface area contributed by atoms with Gasteiger partial charge >= 0.3 is 12.1 Å². The van der Waals surface area contributed by atoms with E-state index in [9.17, 15) is 32.7 Å². The van der Waals surface area contributed by atoms with Crippen molar-refractivity contribution in [2.45, 2.75) is 70.3 Å². The number of rotatable bonds is 10. The van der Waals surface area contributed by atoms with E-state index in [1.165, 1.54) is 9.80 Å². The van der Waals surface area contributed by atoms with Gasteiger partial charge in [0.15, 0.2) is 9.84 Å². The summed E-state index contributed by atoms with van der Waals surface area (Å²) in [5, 5.41) is 9.58. The second-order valence-electron chi connectivity index (χ2n) is 12.2. The summed E-state index contributed by atoms with van der Waals surface area (Å²) in [6, 6.07) is 7.57. The number of ether oxygens (including phenoxy) is 1. The van der Waals surface area contributed by atoms with Gasteiger partial charge in [0.1, 0.15) is 11.6 Å². The standard InChI is InChI=1S/C29H43N3O8S/c1-29(2,3)40-28(37)31-15-12-21(13-16-31)18-30(4)25(33)17-23(26(34)32-14-8-11-24(32)27(35)36)20-41(38,39)19-22-9-6-5-7-10-22/h5-7,9-10,21,23-24H,8,11-20H2,1-4H3,(H,35,36)/t23-,24-/m0/s1. The maximum Gasteiger partial charge on any atom is 0.410 e. The molecule has 0 saturated carbocycles. The monoisotopic (exact) mass is 593 g/mol. The van der Waals surface area contributed by atoms with Gasteiger partial charge in [0.25, 0.3) is 0 Å². The molecule has 0 radical (unpaired) electrons. The molecule has 228 valence electrons. The summed E-state index contributed by atoms with van der Waals surface area (Å²) in [6.45, 7) is 7.07. The fraction of sp³-hybridized carbons (Fsp3) is 0.655. The molecule has 2 fully saturated rings. The Morgan fingerprint density at radius 3 is 2.27 bits per heavy atom. The van der Waals surface area contributed by atoms with E-state index in [-0.39, 0.29) is 36.6 Å². The molecule has 3 rings (SSSR count). The molecule has 1 aromatic rings. The van der Waals surface area contributed by atoms with Gasteiger partial charge in [0, 0.05) is 39.6 Å². The maximum absolute atomic E-state index is 13.5. The van der Waals surface area contributed by atoms with Crippen LogP contribution < -0.4 is 0 Å². The van der Waals surface area contributed by atoms with Gasteiger partial charge in [-0.2, -0.15) is 0 Å². The number of sulfone groups is 1. The summed E-state index contributed by atoms with van der Waals surface area (Å²) < 4.78 is 31.7. The quantitative estimate of drug-likeness (QED) is 0.437. The number of nitrogens with zero attached hydrogens (tertiary/aromatic N) is 3. The fourth-order valence-electron chi connectivity index (χ4n) is 5.41. The van der Waals surface area contributed by atoms with E-state index in [4.69, 9.17) is 4.74 Å². The van der Waals surface area contributed by atoms with Crippen LogP contribution in [0.4, 0.5) is 4.79 Å². The highest BCUT2D eigenvalue weighted by molar-refractivity contribution is 7.90. The lowest BCUT2D eigenvalue weighted by atomic mass is 9.96. The predicted octanol–water partition coefficient (Wildman–Crippen LogP) is 2.79. The number of benzene rings is 1. The van der Waals surface area contributed by atoms with Crippen molar-refractivity contribution in [2.24, 2.45) is 11.8 Å². The lowest BCUT2D eigenvalue weighted by Gasteiger charge is -2.35. The van der Waals surface area contributed by atoms with Crippen molar-refractivity contribution < 1.29 is 37.4 Å². The molecule has 0 spiro atoms. The number of piperidine rings is 1. The summed E-state index contributed by atoms with van der Waals surface area (Å²) in [5.41, 5.74) is -0.00712. The fourth-order valence-corrected chi connectivity index (χ4v) is 7.10. The SMILES string of the molecule is CN(CC1CCN(C(=O)OC(C)(C)C)CC1)C(=O)C[C@@H](CS(=O)(=O)Cc1ccccc1)C(=O)N1CCC[C@H]1C(=O)O. The molecule has 2 atom stereocenters. The molecule has 11 nitrogen and oxygen atoms in total. The zero-order valence-corrected chi connectivity index (χ0v) is 25.3. The highest BCUT2D eigenvalue weighted by atomic mass is 32.2. The van der Waals surface area contributed by atoms with E-state index in [0.29, 0.717) is 50.9 Å². The normalized spacial score (nSPS) is 19.1. The van der Waals surface area contributed by atoms with E-state index >= 15 is 0 Å². The lowest BCUT2D eigenvalue weighted by Crippen LogP contribution is -2.47. The van der Waals surface area contributed by atoms with E-state index in [2.05, 4.69) is 0 Å². The van der Waals surface area contributed by atoms with Crippen molar-refractivity contribution >= 4 is 33.7 Å². The minimum atomic E-state index is -3.79. The van der Waals surface area contributed by atoms with Gasteiger partial charge in [-0.1, -0.05) is 30.3 Å². The third-order valence-electron chi connectivity index (χ3n) is 7.50. The maximum atomic E-state index is 13.5. The Balaban J connectivity index is 1.65. The molecule has 3 amide bonds. The number of carboxylic acid groups (broad SMARTS) is 1. The number of hydrogen-bond donors (Lipinski definition) is 1. The first-order valence-electron chi connectivity index (χ1n) is 14.1. The minimum Gasteiger partial charge on any atom is -0.480 e. The van der Waals surface area contributed by atoms with Crippen LogP contribution in [0, 0.1) is 11.8 Å². The first-order valence-corrected chi connectivity index (χ1v) is 16.0. The van der Waals surface area contributed by atoms with Gasteiger partial charge < -0.3 is 24.5 Å². The van der Waals surface area contributed by atoms with Crippen LogP contribution in [0.3, 0.4) is 0 Å². The van der Waals surface area contributed by atoms with Gasteiger partial charge in [-0.25, -0.2) is 18.0 Å². The average molecular weight is 594 g/mol. The second kappa shape index (κ2) is 13.7. The number of likely N-dealkylation sites (tertiary alicyclic amines) is 2. The Morgan fingerprint density at radius 2 is 1.68 bits per heavy atom. The Hall–Kier alpha value is -3.15.